The first-order valence-corrected chi connectivity index (χ1v) is 8.51. The fourth-order valence-electron chi connectivity index (χ4n) is 3.11. The van der Waals surface area contributed by atoms with Gasteiger partial charge in [-0.05, 0) is 30.7 Å². The lowest BCUT2D eigenvalue weighted by molar-refractivity contribution is -0.274. The highest BCUT2D eigenvalue weighted by atomic mass is 35.5. The molecule has 10 heteroatoms. The molecule has 0 unspecified atom stereocenters. The van der Waals surface area contributed by atoms with Crippen molar-refractivity contribution < 1.29 is 37.7 Å². The number of para-hydroxylation sites is 1. The number of hydrogen-bond donors (Lipinski definition) is 3. The third kappa shape index (κ3) is 4.00. The van der Waals surface area contributed by atoms with E-state index < -0.39 is 47.2 Å². The number of hydrogen-bond acceptors (Lipinski definition) is 4. The van der Waals surface area contributed by atoms with Crippen LogP contribution in [0.5, 0.6) is 11.5 Å². The van der Waals surface area contributed by atoms with Gasteiger partial charge >= 0.3 is 12.3 Å². The molecule has 3 rings (SSSR count). The zero-order chi connectivity index (χ0) is 21.5. The zero-order valence-electron chi connectivity index (χ0n) is 14.7. The first-order chi connectivity index (χ1) is 13.5. The van der Waals surface area contributed by atoms with Gasteiger partial charge in [0.1, 0.15) is 11.5 Å². The van der Waals surface area contributed by atoms with Crippen molar-refractivity contribution in [3.8, 4) is 11.5 Å². The predicted molar refractivity (Wildman–Crippen MR) is 97.6 cm³/mol. The van der Waals surface area contributed by atoms with Crippen molar-refractivity contribution in [3.05, 3.63) is 57.7 Å². The molecule has 0 spiro atoms. The predicted octanol–water partition coefficient (Wildman–Crippen LogP) is 4.59. The monoisotopic (exact) mass is 427 g/mol. The number of aromatic amines is 1. The van der Waals surface area contributed by atoms with Crippen LogP contribution < -0.4 is 4.74 Å². The number of rotatable bonds is 5. The number of phenolic OH excluding ortho intramolecular Hbond substituents is 1. The second-order valence-electron chi connectivity index (χ2n) is 6.18. The lowest BCUT2D eigenvalue weighted by Gasteiger charge is -2.14. The number of fused-ring (bicyclic) bond motifs is 1. The van der Waals surface area contributed by atoms with Crippen LogP contribution in [0.2, 0.25) is 5.02 Å². The smallest absolute Gasteiger partial charge is 0.506 e. The largest absolute Gasteiger partial charge is 0.573 e. The first-order valence-electron chi connectivity index (χ1n) is 8.13. The van der Waals surface area contributed by atoms with Gasteiger partial charge in [0.05, 0.1) is 22.6 Å². The molecule has 0 aliphatic carbocycles. The highest BCUT2D eigenvalue weighted by Crippen LogP contribution is 2.40. The molecule has 0 bridgehead atoms. The normalized spacial score (nSPS) is 11.6. The summed E-state index contributed by atoms with van der Waals surface area (Å²) < 4.78 is 42.1. The molecule has 0 radical (unpaired) electrons. The number of alkyl halides is 3. The van der Waals surface area contributed by atoms with Crippen LogP contribution in [0.4, 0.5) is 13.2 Å². The lowest BCUT2D eigenvalue weighted by atomic mass is 9.95. The van der Waals surface area contributed by atoms with Crippen LogP contribution in [0, 0.1) is 6.92 Å². The van der Waals surface area contributed by atoms with E-state index >= 15 is 0 Å². The number of ketones is 1. The van der Waals surface area contributed by atoms with Gasteiger partial charge in [0.2, 0.25) is 5.78 Å². The zero-order valence-corrected chi connectivity index (χ0v) is 15.5. The number of carbonyl (C=O) groups is 2. The molecule has 152 valence electrons. The molecule has 6 nitrogen and oxygen atoms in total. The van der Waals surface area contributed by atoms with Crippen LogP contribution in [-0.4, -0.2) is 33.3 Å². The summed E-state index contributed by atoms with van der Waals surface area (Å²) in [5.74, 6) is -3.62. The Labute approximate surface area is 166 Å². The number of carboxylic acids is 1. The number of ether oxygens (including phenoxy) is 1. The maximum Gasteiger partial charge on any atom is 0.573 e. The average molecular weight is 428 g/mol. The van der Waals surface area contributed by atoms with Crippen molar-refractivity contribution in [2.75, 3.05) is 0 Å². The Morgan fingerprint density at radius 1 is 1.24 bits per heavy atom. The lowest BCUT2D eigenvalue weighted by Crippen LogP contribution is -2.19. The van der Waals surface area contributed by atoms with Gasteiger partial charge in [-0.1, -0.05) is 23.7 Å². The molecule has 0 amide bonds. The van der Waals surface area contributed by atoms with Gasteiger partial charge in [0, 0.05) is 16.6 Å². The van der Waals surface area contributed by atoms with Crippen LogP contribution in [0.15, 0.2) is 30.3 Å². The van der Waals surface area contributed by atoms with E-state index in [9.17, 15) is 33.0 Å². The summed E-state index contributed by atoms with van der Waals surface area (Å²) in [6.07, 6.45) is -5.52. The second-order valence-corrected chi connectivity index (χ2v) is 6.58. The number of carbonyl (C=O) groups excluding carboxylic acids is 1. The number of aliphatic carboxylic acids is 1. The number of carboxylic acid groups (broad SMARTS) is 1. The number of aryl methyl sites for hydroxylation is 1. The molecule has 29 heavy (non-hydrogen) atoms. The number of phenols is 1. The van der Waals surface area contributed by atoms with Crippen molar-refractivity contribution in [1.82, 2.24) is 4.98 Å². The molecule has 2 aromatic carbocycles. The Morgan fingerprint density at radius 3 is 2.52 bits per heavy atom. The highest BCUT2D eigenvalue weighted by molar-refractivity contribution is 6.35. The highest BCUT2D eigenvalue weighted by Gasteiger charge is 2.34. The molecule has 0 saturated carbocycles. The van der Waals surface area contributed by atoms with E-state index in [2.05, 4.69) is 9.72 Å². The molecular formula is C19H13ClF3NO5. The Balaban J connectivity index is 2.29. The van der Waals surface area contributed by atoms with Crippen LogP contribution in [-0.2, 0) is 11.2 Å². The summed E-state index contributed by atoms with van der Waals surface area (Å²) in [4.78, 5) is 27.3. The van der Waals surface area contributed by atoms with E-state index in [1.807, 2.05) is 0 Å². The molecular weight excluding hydrogens is 415 g/mol. The van der Waals surface area contributed by atoms with Crippen LogP contribution in [0.3, 0.4) is 0 Å². The summed E-state index contributed by atoms with van der Waals surface area (Å²) in [5, 5.41) is 19.5. The molecule has 0 aliphatic rings. The van der Waals surface area contributed by atoms with Crippen molar-refractivity contribution in [1.29, 1.82) is 0 Å². The number of aromatic nitrogens is 1. The molecule has 0 atom stereocenters. The first kappa shape index (κ1) is 20.5. The van der Waals surface area contributed by atoms with Crippen molar-refractivity contribution >= 4 is 34.3 Å². The number of benzene rings is 2. The van der Waals surface area contributed by atoms with Gasteiger partial charge in [-0.3, -0.25) is 9.59 Å². The van der Waals surface area contributed by atoms with Crippen LogP contribution in [0.25, 0.3) is 10.9 Å². The standard InChI is InChI=1S/C19H13ClF3NO5/c1-8-10(6-14(25)26)15-12(24-8)7-11(20)18(28)16(15)17(27)9-4-2-3-5-13(9)29-19(21,22)23/h2-5,7,24,28H,6H2,1H3,(H,25,26). The van der Waals surface area contributed by atoms with Crippen molar-refractivity contribution in [3.63, 3.8) is 0 Å². The van der Waals surface area contributed by atoms with Crippen LogP contribution in [0.1, 0.15) is 27.2 Å². The maximum atomic E-state index is 13.2. The second kappa shape index (κ2) is 7.32. The molecule has 0 aliphatic heterocycles. The third-order valence-electron chi connectivity index (χ3n) is 4.24. The molecule has 3 aromatic rings. The van der Waals surface area contributed by atoms with E-state index in [0.717, 1.165) is 12.1 Å². The Morgan fingerprint density at radius 2 is 1.90 bits per heavy atom. The fraction of sp³-hybridized carbons (Fsp3) is 0.158. The topological polar surface area (TPSA) is 99.6 Å². The number of halogens is 4. The Hall–Kier alpha value is -3.20. The molecule has 3 N–H and O–H groups in total. The van der Waals surface area contributed by atoms with E-state index in [0.29, 0.717) is 5.69 Å². The summed E-state index contributed by atoms with van der Waals surface area (Å²) in [7, 11) is 0. The molecule has 0 fully saturated rings. The minimum Gasteiger partial charge on any atom is -0.506 e. The van der Waals surface area contributed by atoms with Gasteiger partial charge in [-0.15, -0.1) is 13.2 Å². The fourth-order valence-corrected chi connectivity index (χ4v) is 3.32. The minimum atomic E-state index is -5.04. The van der Waals surface area contributed by atoms with Gasteiger partial charge in [-0.25, -0.2) is 0 Å². The van der Waals surface area contributed by atoms with Gasteiger partial charge in [0.25, 0.3) is 0 Å². The van der Waals surface area contributed by atoms with Crippen molar-refractivity contribution in [2.45, 2.75) is 19.7 Å². The van der Waals surface area contributed by atoms with Crippen LogP contribution >= 0.6 is 11.6 Å². The van der Waals surface area contributed by atoms with E-state index in [-0.39, 0.29) is 21.5 Å². The van der Waals surface area contributed by atoms with E-state index in [1.165, 1.54) is 18.2 Å². The van der Waals surface area contributed by atoms with Gasteiger partial charge in [0.15, 0.2) is 0 Å². The van der Waals surface area contributed by atoms with Crippen molar-refractivity contribution in [2.24, 2.45) is 0 Å². The molecule has 0 saturated heterocycles. The van der Waals surface area contributed by atoms with E-state index in [4.69, 9.17) is 11.6 Å². The average Bonchev–Trinajstić information content (AvgIpc) is 2.89. The molecule has 1 aromatic heterocycles. The number of aromatic hydroxyl groups is 1. The Kier molecular flexibility index (Phi) is 5.18. The number of nitrogens with one attached hydrogen (secondary N) is 1. The third-order valence-corrected chi connectivity index (χ3v) is 4.53. The Bertz CT molecular complexity index is 1140. The summed E-state index contributed by atoms with van der Waals surface area (Å²) >= 11 is 5.99. The summed E-state index contributed by atoms with van der Waals surface area (Å²) in [6.45, 7) is 1.57. The molecule has 1 heterocycles. The maximum absolute atomic E-state index is 13.2. The summed E-state index contributed by atoms with van der Waals surface area (Å²) in [6, 6.07) is 5.95. The summed E-state index contributed by atoms with van der Waals surface area (Å²) in [5.41, 5.74) is 0.00393. The SMILES string of the molecule is Cc1[nH]c2cc(Cl)c(O)c(C(=O)c3ccccc3OC(F)(F)F)c2c1CC(=O)O. The minimum absolute atomic E-state index is 0.0682. The quantitative estimate of drug-likeness (QED) is 0.517. The number of H-pyrrole nitrogens is 1. The van der Waals surface area contributed by atoms with Gasteiger partial charge in [-0.2, -0.15) is 0 Å². The van der Waals surface area contributed by atoms with E-state index in [1.54, 1.807) is 6.92 Å². The van der Waals surface area contributed by atoms with Gasteiger partial charge < -0.3 is 19.9 Å².